The van der Waals surface area contributed by atoms with Gasteiger partial charge in [0, 0.05) is 19.3 Å². The van der Waals surface area contributed by atoms with E-state index in [-0.39, 0.29) is 31.1 Å². The van der Waals surface area contributed by atoms with Gasteiger partial charge in [-0.05, 0) is 37.0 Å². The summed E-state index contributed by atoms with van der Waals surface area (Å²) in [6.07, 6.45) is 38.1. The van der Waals surface area contributed by atoms with Gasteiger partial charge in [-0.15, -0.1) is 0 Å². The summed E-state index contributed by atoms with van der Waals surface area (Å²) >= 11 is 0. The Kier molecular flexibility index (Phi) is 39.4. The molecule has 0 bridgehead atoms. The van der Waals surface area contributed by atoms with Crippen LogP contribution in [0.25, 0.3) is 0 Å². The third-order valence-corrected chi connectivity index (χ3v) is 11.3. The van der Waals surface area contributed by atoms with Crippen LogP contribution in [0.5, 0.6) is 0 Å². The molecular formula is C49H94O6. The highest BCUT2D eigenvalue weighted by Crippen LogP contribution is 2.17. The van der Waals surface area contributed by atoms with Gasteiger partial charge in [-0.3, -0.25) is 14.4 Å². The molecule has 326 valence electrons. The predicted octanol–water partition coefficient (Wildman–Crippen LogP) is 15.2. The zero-order valence-electron chi connectivity index (χ0n) is 37.7. The molecule has 0 aromatic carbocycles. The maximum Gasteiger partial charge on any atom is 0.306 e. The van der Waals surface area contributed by atoms with Gasteiger partial charge in [0.15, 0.2) is 6.10 Å². The van der Waals surface area contributed by atoms with E-state index in [9.17, 15) is 14.4 Å². The summed E-state index contributed by atoms with van der Waals surface area (Å²) in [5.74, 6) is 1.59. The highest BCUT2D eigenvalue weighted by atomic mass is 16.6. The van der Waals surface area contributed by atoms with Gasteiger partial charge < -0.3 is 14.2 Å². The van der Waals surface area contributed by atoms with Gasteiger partial charge >= 0.3 is 17.9 Å². The zero-order valence-corrected chi connectivity index (χ0v) is 37.7. The van der Waals surface area contributed by atoms with Crippen molar-refractivity contribution in [3.63, 3.8) is 0 Å². The zero-order chi connectivity index (χ0) is 40.6. The molecule has 0 heterocycles. The summed E-state index contributed by atoms with van der Waals surface area (Å²) in [5, 5.41) is 0. The molecule has 0 saturated heterocycles. The number of hydrogen-bond acceptors (Lipinski definition) is 6. The van der Waals surface area contributed by atoms with Crippen LogP contribution in [0.1, 0.15) is 260 Å². The number of ether oxygens (including phenoxy) is 3. The summed E-state index contributed by atoms with van der Waals surface area (Å²) in [7, 11) is 0. The minimum atomic E-state index is -0.762. The van der Waals surface area contributed by atoms with Crippen molar-refractivity contribution in [1.82, 2.24) is 0 Å². The Morgan fingerprint density at radius 2 is 0.636 bits per heavy atom. The second-order valence-corrected chi connectivity index (χ2v) is 17.9. The summed E-state index contributed by atoms with van der Waals surface area (Å²) in [6.45, 7) is 13.6. The summed E-state index contributed by atoms with van der Waals surface area (Å²) < 4.78 is 16.7. The van der Waals surface area contributed by atoms with Crippen LogP contribution in [0, 0.1) is 17.8 Å². The van der Waals surface area contributed by atoms with Gasteiger partial charge in [0.25, 0.3) is 0 Å². The van der Waals surface area contributed by atoms with E-state index in [1.54, 1.807) is 0 Å². The van der Waals surface area contributed by atoms with E-state index in [4.69, 9.17) is 14.2 Å². The first-order valence-corrected chi connectivity index (χ1v) is 24.1. The summed E-state index contributed by atoms with van der Waals surface area (Å²) in [5.41, 5.74) is 0. The van der Waals surface area contributed by atoms with Crippen LogP contribution in [-0.2, 0) is 28.6 Å². The van der Waals surface area contributed by atoms with E-state index >= 15 is 0 Å². The Morgan fingerprint density at radius 3 is 0.945 bits per heavy atom. The first-order chi connectivity index (χ1) is 26.6. The van der Waals surface area contributed by atoms with Crippen molar-refractivity contribution >= 4 is 17.9 Å². The number of carbonyl (C=O) groups excluding carboxylic acids is 3. The lowest BCUT2D eigenvalue weighted by Crippen LogP contribution is -2.30. The number of unbranched alkanes of at least 4 members (excludes halogenated alkanes) is 24. The molecule has 0 rings (SSSR count). The van der Waals surface area contributed by atoms with Crippen molar-refractivity contribution in [2.45, 2.75) is 266 Å². The van der Waals surface area contributed by atoms with Crippen molar-refractivity contribution in [3.8, 4) is 0 Å². The van der Waals surface area contributed by atoms with Gasteiger partial charge in [-0.1, -0.05) is 221 Å². The van der Waals surface area contributed by atoms with Crippen LogP contribution in [0.4, 0.5) is 0 Å². The molecule has 6 heteroatoms. The fourth-order valence-corrected chi connectivity index (χ4v) is 7.20. The second-order valence-electron chi connectivity index (χ2n) is 17.9. The average molecular weight is 779 g/mol. The third kappa shape index (κ3) is 41.9. The lowest BCUT2D eigenvalue weighted by molar-refractivity contribution is -0.167. The Morgan fingerprint density at radius 1 is 0.364 bits per heavy atom. The van der Waals surface area contributed by atoms with Crippen molar-refractivity contribution in [2.75, 3.05) is 13.2 Å². The normalized spacial score (nSPS) is 12.7. The molecule has 2 atom stereocenters. The largest absolute Gasteiger partial charge is 0.462 e. The topological polar surface area (TPSA) is 78.9 Å². The second kappa shape index (κ2) is 40.6. The van der Waals surface area contributed by atoms with Gasteiger partial charge in [-0.25, -0.2) is 0 Å². The lowest BCUT2D eigenvalue weighted by atomic mass is 9.99. The molecule has 0 spiro atoms. The maximum atomic E-state index is 12.7. The molecule has 0 amide bonds. The van der Waals surface area contributed by atoms with Gasteiger partial charge in [0.05, 0.1) is 0 Å². The quantitative estimate of drug-likeness (QED) is 0.0349. The number of carbonyl (C=O) groups is 3. The number of rotatable bonds is 42. The van der Waals surface area contributed by atoms with Gasteiger partial charge in [-0.2, -0.15) is 0 Å². The van der Waals surface area contributed by atoms with Crippen molar-refractivity contribution < 1.29 is 28.6 Å². The molecule has 0 N–H and O–H groups in total. The minimum Gasteiger partial charge on any atom is -0.462 e. The van der Waals surface area contributed by atoms with E-state index in [0.29, 0.717) is 19.3 Å². The minimum absolute atomic E-state index is 0.0665. The van der Waals surface area contributed by atoms with E-state index in [1.165, 1.54) is 141 Å². The van der Waals surface area contributed by atoms with Crippen LogP contribution >= 0.6 is 0 Å². The monoisotopic (exact) mass is 779 g/mol. The Hall–Kier alpha value is -1.59. The molecule has 0 aliphatic carbocycles. The molecule has 0 aliphatic heterocycles. The van der Waals surface area contributed by atoms with Crippen LogP contribution in [0.2, 0.25) is 0 Å². The van der Waals surface area contributed by atoms with Crippen molar-refractivity contribution in [3.05, 3.63) is 0 Å². The van der Waals surface area contributed by atoms with Crippen molar-refractivity contribution in [1.29, 1.82) is 0 Å². The molecule has 0 saturated carbocycles. The predicted molar refractivity (Wildman–Crippen MR) is 233 cm³/mol. The highest BCUT2D eigenvalue weighted by molar-refractivity contribution is 5.71. The first-order valence-electron chi connectivity index (χ1n) is 24.1. The van der Waals surface area contributed by atoms with E-state index in [2.05, 4.69) is 41.5 Å². The molecule has 6 nitrogen and oxygen atoms in total. The fourth-order valence-electron chi connectivity index (χ4n) is 7.20. The third-order valence-electron chi connectivity index (χ3n) is 11.3. The SMILES string of the molecule is CCC(C)CCCCCCCCCCC(=O)OC[C@H](COC(=O)CCCCCCCCC(C)C)OC(=O)CCCCCCCCCCCCCCCC(C)C. The summed E-state index contributed by atoms with van der Waals surface area (Å²) in [6, 6.07) is 0. The van der Waals surface area contributed by atoms with Crippen LogP contribution in [0.3, 0.4) is 0 Å². The molecular weight excluding hydrogens is 685 g/mol. The molecule has 1 unspecified atom stereocenters. The van der Waals surface area contributed by atoms with Crippen LogP contribution in [0.15, 0.2) is 0 Å². The van der Waals surface area contributed by atoms with E-state index in [0.717, 1.165) is 75.5 Å². The first kappa shape index (κ1) is 53.4. The maximum absolute atomic E-state index is 12.7. The van der Waals surface area contributed by atoms with E-state index < -0.39 is 6.10 Å². The highest BCUT2D eigenvalue weighted by Gasteiger charge is 2.19. The molecule has 0 aliphatic rings. The Balaban J connectivity index is 4.31. The number of esters is 3. The molecule has 55 heavy (non-hydrogen) atoms. The summed E-state index contributed by atoms with van der Waals surface area (Å²) in [4.78, 5) is 37.8. The molecule has 0 fully saturated rings. The van der Waals surface area contributed by atoms with Crippen LogP contribution in [-0.4, -0.2) is 37.2 Å². The Bertz CT molecular complexity index is 854. The smallest absolute Gasteiger partial charge is 0.306 e. The van der Waals surface area contributed by atoms with Crippen LogP contribution < -0.4 is 0 Å². The number of hydrogen-bond donors (Lipinski definition) is 0. The van der Waals surface area contributed by atoms with E-state index in [1.807, 2.05) is 0 Å². The van der Waals surface area contributed by atoms with Gasteiger partial charge in [0.2, 0.25) is 0 Å². The van der Waals surface area contributed by atoms with Crippen molar-refractivity contribution in [2.24, 2.45) is 17.8 Å². The molecule has 0 radical (unpaired) electrons. The lowest BCUT2D eigenvalue weighted by Gasteiger charge is -2.18. The Labute approximate surface area is 342 Å². The van der Waals surface area contributed by atoms with Gasteiger partial charge in [0.1, 0.15) is 13.2 Å². The fraction of sp³-hybridized carbons (Fsp3) is 0.939. The standard InChI is InChI=1S/C49H94O6/c1-7-45(6)37-31-25-18-15-16-19-26-32-38-47(50)53-41-46(42-54-48(51)39-33-27-22-21-24-30-36-44(4)5)55-49(52)40-34-28-20-14-12-10-8-9-11-13-17-23-29-35-43(2)3/h43-46H,7-42H2,1-6H3/t45?,46-/m1/s1. The molecule has 0 aromatic heterocycles. The molecule has 0 aromatic rings. The average Bonchev–Trinajstić information content (AvgIpc) is 3.15.